The lowest BCUT2D eigenvalue weighted by atomic mass is 10.0. The van der Waals surface area contributed by atoms with Gasteiger partial charge in [0.1, 0.15) is 5.82 Å². The first kappa shape index (κ1) is 16.2. The highest BCUT2D eigenvalue weighted by molar-refractivity contribution is 6.36. The molecule has 6 heteroatoms. The molecule has 1 N–H and O–H groups in total. The van der Waals surface area contributed by atoms with Gasteiger partial charge in [-0.2, -0.15) is 4.98 Å². The second-order valence-electron chi connectivity index (χ2n) is 5.93. The van der Waals surface area contributed by atoms with Crippen molar-refractivity contribution in [2.24, 2.45) is 0 Å². The molecule has 25 heavy (non-hydrogen) atoms. The number of anilines is 3. The molecular formula is C19H16Cl2N4. The van der Waals surface area contributed by atoms with Crippen LogP contribution in [0.3, 0.4) is 0 Å². The molecule has 0 radical (unpaired) electrons. The van der Waals surface area contributed by atoms with Crippen molar-refractivity contribution in [1.29, 1.82) is 0 Å². The molecule has 0 aliphatic carbocycles. The molecule has 0 fully saturated rings. The summed E-state index contributed by atoms with van der Waals surface area (Å²) in [5, 5.41) is 4.39. The van der Waals surface area contributed by atoms with Crippen LogP contribution in [0.15, 0.2) is 54.7 Å². The fraction of sp³-hybridized carbons (Fsp3) is 0.158. The van der Waals surface area contributed by atoms with Crippen LogP contribution >= 0.6 is 23.2 Å². The Hall–Kier alpha value is -2.30. The highest BCUT2D eigenvalue weighted by atomic mass is 35.5. The smallest absolute Gasteiger partial charge is 0.227 e. The standard InChI is InChI=1S/C19H16Cl2N4/c20-15-5-6-17(16(21)11-15)23-18-7-9-22-19(24-18)25-10-8-13-3-1-2-4-14(13)12-25/h1-7,9,11H,8,10,12H2,(H,22,23,24). The largest absolute Gasteiger partial charge is 0.339 e. The first-order valence-electron chi connectivity index (χ1n) is 8.06. The van der Waals surface area contributed by atoms with Crippen molar-refractivity contribution in [1.82, 2.24) is 9.97 Å². The van der Waals surface area contributed by atoms with Gasteiger partial charge < -0.3 is 10.2 Å². The van der Waals surface area contributed by atoms with Crippen LogP contribution in [0.4, 0.5) is 17.5 Å². The Bertz CT molecular complexity index is 913. The van der Waals surface area contributed by atoms with E-state index in [4.69, 9.17) is 23.2 Å². The molecule has 4 rings (SSSR count). The minimum atomic E-state index is 0.555. The fourth-order valence-electron chi connectivity index (χ4n) is 2.97. The van der Waals surface area contributed by atoms with E-state index in [1.54, 1.807) is 18.3 Å². The second kappa shape index (κ2) is 6.90. The maximum Gasteiger partial charge on any atom is 0.227 e. The second-order valence-corrected chi connectivity index (χ2v) is 6.77. The van der Waals surface area contributed by atoms with Crippen LogP contribution < -0.4 is 10.2 Å². The lowest BCUT2D eigenvalue weighted by Crippen LogP contribution is -2.31. The fourth-order valence-corrected chi connectivity index (χ4v) is 3.42. The van der Waals surface area contributed by atoms with Crippen molar-refractivity contribution in [2.45, 2.75) is 13.0 Å². The van der Waals surface area contributed by atoms with E-state index in [1.165, 1.54) is 11.1 Å². The molecule has 0 saturated heterocycles. The topological polar surface area (TPSA) is 41.1 Å². The summed E-state index contributed by atoms with van der Waals surface area (Å²) in [6, 6.07) is 15.7. The summed E-state index contributed by atoms with van der Waals surface area (Å²) in [6.45, 7) is 1.73. The summed E-state index contributed by atoms with van der Waals surface area (Å²) in [4.78, 5) is 11.3. The van der Waals surface area contributed by atoms with Crippen LogP contribution in [0.1, 0.15) is 11.1 Å². The third-order valence-electron chi connectivity index (χ3n) is 4.25. The van der Waals surface area contributed by atoms with E-state index < -0.39 is 0 Å². The SMILES string of the molecule is Clc1ccc(Nc2ccnc(N3CCc4ccccc4C3)n2)c(Cl)c1. The minimum absolute atomic E-state index is 0.555. The van der Waals surface area contributed by atoms with E-state index in [0.717, 1.165) is 25.2 Å². The molecule has 0 bridgehead atoms. The molecule has 1 aliphatic heterocycles. The molecule has 2 heterocycles. The summed E-state index contributed by atoms with van der Waals surface area (Å²) in [7, 11) is 0. The number of halogens is 2. The third kappa shape index (κ3) is 3.55. The van der Waals surface area contributed by atoms with Gasteiger partial charge in [-0.25, -0.2) is 4.98 Å². The third-order valence-corrected chi connectivity index (χ3v) is 4.80. The quantitative estimate of drug-likeness (QED) is 0.696. The number of hydrogen-bond donors (Lipinski definition) is 1. The van der Waals surface area contributed by atoms with Gasteiger partial charge >= 0.3 is 0 Å². The molecule has 1 aliphatic rings. The Labute approximate surface area is 156 Å². The van der Waals surface area contributed by atoms with Crippen LogP contribution in [0, 0.1) is 0 Å². The Morgan fingerprint density at radius 3 is 2.68 bits per heavy atom. The van der Waals surface area contributed by atoms with Crippen LogP contribution in [-0.2, 0) is 13.0 Å². The zero-order valence-corrected chi connectivity index (χ0v) is 14.9. The Morgan fingerprint density at radius 1 is 1.00 bits per heavy atom. The summed E-state index contributed by atoms with van der Waals surface area (Å²) in [6.07, 6.45) is 2.76. The average molecular weight is 371 g/mol. The van der Waals surface area contributed by atoms with Crippen molar-refractivity contribution in [3.63, 3.8) is 0 Å². The first-order valence-corrected chi connectivity index (χ1v) is 8.81. The van der Waals surface area contributed by atoms with Crippen LogP contribution in [-0.4, -0.2) is 16.5 Å². The molecule has 4 nitrogen and oxygen atoms in total. The lowest BCUT2D eigenvalue weighted by molar-refractivity contribution is 0.708. The molecule has 3 aromatic rings. The van der Waals surface area contributed by atoms with E-state index in [2.05, 4.69) is 44.5 Å². The number of hydrogen-bond acceptors (Lipinski definition) is 4. The van der Waals surface area contributed by atoms with Crippen molar-refractivity contribution in [2.75, 3.05) is 16.8 Å². The molecule has 0 unspecified atom stereocenters. The molecule has 0 atom stereocenters. The highest BCUT2D eigenvalue weighted by Gasteiger charge is 2.18. The molecular weight excluding hydrogens is 355 g/mol. The van der Waals surface area contributed by atoms with Gasteiger partial charge in [0.25, 0.3) is 0 Å². The molecule has 0 saturated carbocycles. The molecule has 0 amide bonds. The maximum absolute atomic E-state index is 6.22. The van der Waals surface area contributed by atoms with Crippen LogP contribution in [0.25, 0.3) is 0 Å². The Kier molecular flexibility index (Phi) is 4.47. The number of benzene rings is 2. The molecule has 1 aromatic heterocycles. The maximum atomic E-state index is 6.22. The molecule has 2 aromatic carbocycles. The van der Waals surface area contributed by atoms with Crippen LogP contribution in [0.5, 0.6) is 0 Å². The lowest BCUT2D eigenvalue weighted by Gasteiger charge is -2.29. The zero-order valence-electron chi connectivity index (χ0n) is 13.4. The van der Waals surface area contributed by atoms with E-state index in [1.807, 2.05) is 12.1 Å². The van der Waals surface area contributed by atoms with Gasteiger partial charge in [-0.05, 0) is 41.8 Å². The van der Waals surface area contributed by atoms with Crippen LogP contribution in [0.2, 0.25) is 10.0 Å². The van der Waals surface area contributed by atoms with Gasteiger partial charge in [-0.3, -0.25) is 0 Å². The summed E-state index contributed by atoms with van der Waals surface area (Å²) in [5.74, 6) is 1.41. The Balaban J connectivity index is 1.56. The van der Waals surface area contributed by atoms with Crippen molar-refractivity contribution in [3.05, 3.63) is 75.9 Å². The number of aromatic nitrogens is 2. The van der Waals surface area contributed by atoms with Gasteiger partial charge in [0.2, 0.25) is 5.95 Å². The van der Waals surface area contributed by atoms with Gasteiger partial charge in [0.05, 0.1) is 10.7 Å². The summed E-state index contributed by atoms with van der Waals surface area (Å²) >= 11 is 12.2. The van der Waals surface area contributed by atoms with E-state index in [-0.39, 0.29) is 0 Å². The number of nitrogens with zero attached hydrogens (tertiary/aromatic N) is 3. The van der Waals surface area contributed by atoms with Gasteiger partial charge in [-0.1, -0.05) is 47.5 Å². The first-order chi connectivity index (χ1) is 12.2. The molecule has 126 valence electrons. The minimum Gasteiger partial charge on any atom is -0.339 e. The zero-order chi connectivity index (χ0) is 17.2. The number of rotatable bonds is 3. The van der Waals surface area contributed by atoms with E-state index >= 15 is 0 Å². The Morgan fingerprint density at radius 2 is 1.84 bits per heavy atom. The molecule has 0 spiro atoms. The normalized spacial score (nSPS) is 13.4. The predicted octanol–water partition coefficient (Wildman–Crippen LogP) is 5.09. The summed E-state index contributed by atoms with van der Waals surface area (Å²) < 4.78 is 0. The van der Waals surface area contributed by atoms with Gasteiger partial charge in [0, 0.05) is 24.3 Å². The van der Waals surface area contributed by atoms with Crippen molar-refractivity contribution < 1.29 is 0 Å². The van der Waals surface area contributed by atoms with Gasteiger partial charge in [0.15, 0.2) is 0 Å². The van der Waals surface area contributed by atoms with E-state index in [9.17, 15) is 0 Å². The van der Waals surface area contributed by atoms with Crippen molar-refractivity contribution >= 4 is 40.7 Å². The highest BCUT2D eigenvalue weighted by Crippen LogP contribution is 2.28. The van der Waals surface area contributed by atoms with Gasteiger partial charge in [-0.15, -0.1) is 0 Å². The van der Waals surface area contributed by atoms with E-state index in [0.29, 0.717) is 21.8 Å². The predicted molar refractivity (Wildman–Crippen MR) is 103 cm³/mol. The number of nitrogens with one attached hydrogen (secondary N) is 1. The average Bonchev–Trinajstić information content (AvgIpc) is 2.64. The summed E-state index contributed by atoms with van der Waals surface area (Å²) in [5.41, 5.74) is 3.50. The van der Waals surface area contributed by atoms with Crippen molar-refractivity contribution in [3.8, 4) is 0 Å². The monoisotopic (exact) mass is 370 g/mol. The number of fused-ring (bicyclic) bond motifs is 1.